The topological polar surface area (TPSA) is 41.0 Å². The second kappa shape index (κ2) is 6.30. The van der Waals surface area contributed by atoms with Crippen LogP contribution in [-0.4, -0.2) is 30.1 Å². The average molecular weight is 222 g/mol. The first kappa shape index (κ1) is 12.7. The number of anilines is 2. The number of hydrogen-bond acceptors (Lipinski definition) is 4. The van der Waals surface area contributed by atoms with Gasteiger partial charge in [-0.15, -0.1) is 0 Å². The molecule has 4 nitrogen and oxygen atoms in total. The maximum atomic E-state index is 4.28. The summed E-state index contributed by atoms with van der Waals surface area (Å²) in [4.78, 5) is 10.6. The molecule has 0 aliphatic heterocycles. The first-order valence-electron chi connectivity index (χ1n) is 5.94. The minimum Gasteiger partial charge on any atom is -0.370 e. The molecule has 0 amide bonds. The lowest BCUT2D eigenvalue weighted by Gasteiger charge is -2.21. The fraction of sp³-hybridized carbons (Fsp3) is 0.667. The molecule has 1 unspecified atom stereocenters. The molecular formula is C12H22N4. The lowest BCUT2D eigenvalue weighted by Crippen LogP contribution is -2.24. The van der Waals surface area contributed by atoms with E-state index in [-0.39, 0.29) is 0 Å². The molecule has 0 fully saturated rings. The fourth-order valence-corrected chi connectivity index (χ4v) is 1.52. The Balaban J connectivity index is 2.67. The van der Waals surface area contributed by atoms with Crippen molar-refractivity contribution in [1.82, 2.24) is 9.97 Å². The predicted octanol–water partition coefficient (Wildman–Crippen LogP) is 2.39. The van der Waals surface area contributed by atoms with Crippen LogP contribution in [0, 0.1) is 5.92 Å². The Labute approximate surface area is 98.1 Å². The molecule has 0 aliphatic carbocycles. The molecule has 1 aromatic rings. The Bertz CT molecular complexity index is 314. The molecule has 0 spiro atoms. The zero-order chi connectivity index (χ0) is 12.0. The summed E-state index contributed by atoms with van der Waals surface area (Å²) in [5.41, 5.74) is 0. The highest BCUT2D eigenvalue weighted by Crippen LogP contribution is 2.14. The Hall–Kier alpha value is -1.32. The van der Waals surface area contributed by atoms with Crippen molar-refractivity contribution < 1.29 is 0 Å². The Morgan fingerprint density at radius 3 is 2.75 bits per heavy atom. The molecule has 16 heavy (non-hydrogen) atoms. The van der Waals surface area contributed by atoms with Crippen LogP contribution in [0.25, 0.3) is 0 Å². The normalized spacial score (nSPS) is 12.2. The van der Waals surface area contributed by atoms with Gasteiger partial charge in [0.1, 0.15) is 18.0 Å². The van der Waals surface area contributed by atoms with Gasteiger partial charge in [0, 0.05) is 26.2 Å². The molecule has 4 heteroatoms. The molecular weight excluding hydrogens is 200 g/mol. The van der Waals surface area contributed by atoms with E-state index in [1.807, 2.05) is 6.07 Å². The number of hydrogen-bond donors (Lipinski definition) is 1. The van der Waals surface area contributed by atoms with Gasteiger partial charge < -0.3 is 10.2 Å². The molecule has 1 atom stereocenters. The van der Waals surface area contributed by atoms with Gasteiger partial charge >= 0.3 is 0 Å². The van der Waals surface area contributed by atoms with E-state index < -0.39 is 0 Å². The lowest BCUT2D eigenvalue weighted by atomic mass is 10.1. The molecule has 0 bridgehead atoms. The maximum Gasteiger partial charge on any atom is 0.133 e. The zero-order valence-corrected chi connectivity index (χ0v) is 10.7. The van der Waals surface area contributed by atoms with Crippen molar-refractivity contribution in [3.8, 4) is 0 Å². The second-order valence-corrected chi connectivity index (χ2v) is 4.19. The van der Waals surface area contributed by atoms with Gasteiger partial charge in [-0.3, -0.25) is 0 Å². The van der Waals surface area contributed by atoms with Gasteiger partial charge in [-0.25, -0.2) is 9.97 Å². The van der Waals surface area contributed by atoms with Gasteiger partial charge in [0.2, 0.25) is 0 Å². The van der Waals surface area contributed by atoms with E-state index in [4.69, 9.17) is 0 Å². The molecule has 0 radical (unpaired) electrons. The third-order valence-electron chi connectivity index (χ3n) is 2.68. The largest absolute Gasteiger partial charge is 0.370 e. The molecule has 1 N–H and O–H groups in total. The SMILES string of the molecule is CCNc1cc(N(C)CC(C)CC)ncn1. The van der Waals surface area contributed by atoms with Gasteiger partial charge in [-0.05, 0) is 12.8 Å². The van der Waals surface area contributed by atoms with E-state index in [0.717, 1.165) is 24.7 Å². The summed E-state index contributed by atoms with van der Waals surface area (Å²) < 4.78 is 0. The van der Waals surface area contributed by atoms with Crippen LogP contribution in [0.15, 0.2) is 12.4 Å². The highest BCUT2D eigenvalue weighted by molar-refractivity contribution is 5.47. The third kappa shape index (κ3) is 3.68. The van der Waals surface area contributed by atoms with Crippen LogP contribution < -0.4 is 10.2 Å². The minimum atomic E-state index is 0.683. The number of aromatic nitrogens is 2. The Morgan fingerprint density at radius 1 is 1.38 bits per heavy atom. The lowest BCUT2D eigenvalue weighted by molar-refractivity contribution is 0.557. The summed E-state index contributed by atoms with van der Waals surface area (Å²) in [5.74, 6) is 2.55. The van der Waals surface area contributed by atoms with Crippen LogP contribution in [0.3, 0.4) is 0 Å². The van der Waals surface area contributed by atoms with Gasteiger partial charge in [0.05, 0.1) is 0 Å². The van der Waals surface area contributed by atoms with Crippen molar-refractivity contribution in [2.24, 2.45) is 5.92 Å². The number of nitrogens with one attached hydrogen (secondary N) is 1. The van der Waals surface area contributed by atoms with E-state index in [1.165, 1.54) is 6.42 Å². The predicted molar refractivity (Wildman–Crippen MR) is 68.9 cm³/mol. The molecule has 0 aliphatic rings. The Kier molecular flexibility index (Phi) is 5.02. The van der Waals surface area contributed by atoms with Crippen LogP contribution in [0.1, 0.15) is 27.2 Å². The molecule has 0 saturated heterocycles. The average Bonchev–Trinajstić information content (AvgIpc) is 2.29. The molecule has 1 rings (SSSR count). The van der Waals surface area contributed by atoms with Crippen molar-refractivity contribution >= 4 is 11.6 Å². The molecule has 1 aromatic heterocycles. The van der Waals surface area contributed by atoms with Crippen LogP contribution in [0.2, 0.25) is 0 Å². The van der Waals surface area contributed by atoms with Crippen molar-refractivity contribution in [2.75, 3.05) is 30.4 Å². The standard InChI is InChI=1S/C12H22N4/c1-5-10(3)8-16(4)12-7-11(13-6-2)14-9-15-12/h7,9-10H,5-6,8H2,1-4H3,(H,13,14,15). The first-order chi connectivity index (χ1) is 7.67. The van der Waals surface area contributed by atoms with Crippen LogP contribution in [0.5, 0.6) is 0 Å². The minimum absolute atomic E-state index is 0.683. The summed E-state index contributed by atoms with van der Waals surface area (Å²) in [6.45, 7) is 8.43. The van der Waals surface area contributed by atoms with E-state index in [0.29, 0.717) is 5.92 Å². The van der Waals surface area contributed by atoms with Gasteiger partial charge in [0.25, 0.3) is 0 Å². The van der Waals surface area contributed by atoms with Crippen LogP contribution in [-0.2, 0) is 0 Å². The quantitative estimate of drug-likeness (QED) is 0.802. The van der Waals surface area contributed by atoms with Crippen LogP contribution in [0.4, 0.5) is 11.6 Å². The van der Waals surface area contributed by atoms with E-state index >= 15 is 0 Å². The van der Waals surface area contributed by atoms with E-state index in [9.17, 15) is 0 Å². The highest BCUT2D eigenvalue weighted by Gasteiger charge is 2.07. The Morgan fingerprint density at radius 2 is 2.12 bits per heavy atom. The monoisotopic (exact) mass is 222 g/mol. The van der Waals surface area contributed by atoms with Gasteiger partial charge in [-0.1, -0.05) is 20.3 Å². The summed E-state index contributed by atoms with van der Waals surface area (Å²) in [6, 6.07) is 1.99. The van der Waals surface area contributed by atoms with Gasteiger partial charge in [-0.2, -0.15) is 0 Å². The van der Waals surface area contributed by atoms with Crippen molar-refractivity contribution in [3.63, 3.8) is 0 Å². The van der Waals surface area contributed by atoms with Crippen molar-refractivity contribution in [2.45, 2.75) is 27.2 Å². The zero-order valence-electron chi connectivity index (χ0n) is 10.7. The summed E-state index contributed by atoms with van der Waals surface area (Å²) in [7, 11) is 2.07. The van der Waals surface area contributed by atoms with E-state index in [1.54, 1.807) is 6.33 Å². The summed E-state index contributed by atoms with van der Waals surface area (Å²) in [5, 5.41) is 3.19. The molecule has 0 aromatic carbocycles. The fourth-order valence-electron chi connectivity index (χ4n) is 1.52. The second-order valence-electron chi connectivity index (χ2n) is 4.19. The van der Waals surface area contributed by atoms with Gasteiger partial charge in [0.15, 0.2) is 0 Å². The molecule has 0 saturated carbocycles. The van der Waals surface area contributed by atoms with E-state index in [2.05, 4.69) is 48.0 Å². The smallest absolute Gasteiger partial charge is 0.133 e. The van der Waals surface area contributed by atoms with Crippen molar-refractivity contribution in [1.29, 1.82) is 0 Å². The third-order valence-corrected chi connectivity index (χ3v) is 2.68. The summed E-state index contributed by atoms with van der Waals surface area (Å²) >= 11 is 0. The maximum absolute atomic E-state index is 4.28. The summed E-state index contributed by atoms with van der Waals surface area (Å²) in [6.07, 6.45) is 2.80. The highest BCUT2D eigenvalue weighted by atomic mass is 15.2. The molecule has 90 valence electrons. The first-order valence-corrected chi connectivity index (χ1v) is 5.94. The van der Waals surface area contributed by atoms with Crippen LogP contribution >= 0.6 is 0 Å². The number of rotatable bonds is 6. The van der Waals surface area contributed by atoms with Crippen molar-refractivity contribution in [3.05, 3.63) is 12.4 Å². The molecule has 1 heterocycles. The number of nitrogens with zero attached hydrogens (tertiary/aromatic N) is 3.